The van der Waals surface area contributed by atoms with Gasteiger partial charge in [0.1, 0.15) is 0 Å². The third-order valence-corrected chi connectivity index (χ3v) is 3.87. The average Bonchev–Trinajstić information content (AvgIpc) is 2.81. The lowest BCUT2D eigenvalue weighted by molar-refractivity contribution is 0.590. The van der Waals surface area contributed by atoms with Crippen molar-refractivity contribution in [2.75, 3.05) is 0 Å². The molecule has 19 heavy (non-hydrogen) atoms. The molecule has 0 spiro atoms. The van der Waals surface area contributed by atoms with Gasteiger partial charge < -0.3 is 0 Å². The molecule has 0 aromatic heterocycles. The van der Waals surface area contributed by atoms with Crippen LogP contribution in [0.5, 0.6) is 0 Å². The highest BCUT2D eigenvalue weighted by molar-refractivity contribution is 5.88. The van der Waals surface area contributed by atoms with Crippen LogP contribution in [0.15, 0.2) is 48.5 Å². The van der Waals surface area contributed by atoms with Gasteiger partial charge in [-0.05, 0) is 39.7 Å². The van der Waals surface area contributed by atoms with E-state index in [-0.39, 0.29) is 5.41 Å². The van der Waals surface area contributed by atoms with Gasteiger partial charge >= 0.3 is 0 Å². The van der Waals surface area contributed by atoms with Crippen molar-refractivity contribution in [2.45, 2.75) is 32.6 Å². The maximum atomic E-state index is 2.35. The third kappa shape index (κ3) is 2.35. The molecule has 1 aliphatic carbocycles. The Morgan fingerprint density at radius 1 is 0.895 bits per heavy atom. The molecule has 96 valence electrons. The van der Waals surface area contributed by atoms with Gasteiger partial charge in [-0.1, -0.05) is 75.4 Å². The Morgan fingerprint density at radius 2 is 1.63 bits per heavy atom. The van der Waals surface area contributed by atoms with Crippen molar-refractivity contribution in [3.8, 4) is 0 Å². The van der Waals surface area contributed by atoms with Crippen LogP contribution < -0.4 is 0 Å². The number of rotatable bonds is 1. The van der Waals surface area contributed by atoms with Crippen molar-refractivity contribution in [2.24, 2.45) is 0 Å². The second-order valence-electron chi connectivity index (χ2n) is 6.38. The largest absolute Gasteiger partial charge is 0.0622 e. The zero-order chi connectivity index (χ0) is 13.5. The molecule has 0 aliphatic heterocycles. The number of hydrogen-bond donors (Lipinski definition) is 0. The summed E-state index contributed by atoms with van der Waals surface area (Å²) in [5, 5.41) is 0. The molecular formula is C19H20. The van der Waals surface area contributed by atoms with Crippen molar-refractivity contribution in [1.29, 1.82) is 0 Å². The minimum absolute atomic E-state index is 0.221. The zero-order valence-electron chi connectivity index (χ0n) is 11.9. The fourth-order valence-corrected chi connectivity index (χ4v) is 2.64. The molecular weight excluding hydrogens is 228 g/mol. The summed E-state index contributed by atoms with van der Waals surface area (Å²) in [6.07, 6.45) is 3.41. The summed E-state index contributed by atoms with van der Waals surface area (Å²) in [7, 11) is 0. The molecule has 0 amide bonds. The van der Waals surface area contributed by atoms with Crippen molar-refractivity contribution in [3.63, 3.8) is 0 Å². The molecule has 0 heterocycles. The van der Waals surface area contributed by atoms with Crippen molar-refractivity contribution < 1.29 is 0 Å². The van der Waals surface area contributed by atoms with Gasteiger partial charge in [-0.2, -0.15) is 0 Å². The quantitative estimate of drug-likeness (QED) is 0.660. The molecule has 0 fully saturated rings. The van der Waals surface area contributed by atoms with E-state index >= 15 is 0 Å². The van der Waals surface area contributed by atoms with Gasteiger partial charge in [0.2, 0.25) is 0 Å². The summed E-state index contributed by atoms with van der Waals surface area (Å²) in [4.78, 5) is 0. The van der Waals surface area contributed by atoms with Crippen LogP contribution in [0.25, 0.3) is 11.6 Å². The summed E-state index contributed by atoms with van der Waals surface area (Å²) in [5.41, 5.74) is 7.26. The number of fused-ring (bicyclic) bond motifs is 1. The van der Waals surface area contributed by atoms with Crippen LogP contribution in [0.4, 0.5) is 0 Å². The zero-order valence-corrected chi connectivity index (χ0v) is 11.9. The predicted octanol–water partition coefficient (Wildman–Crippen LogP) is 5.08. The van der Waals surface area contributed by atoms with Gasteiger partial charge in [0, 0.05) is 0 Å². The van der Waals surface area contributed by atoms with Crippen LogP contribution in [0.1, 0.15) is 43.0 Å². The highest BCUT2D eigenvalue weighted by Gasteiger charge is 2.18. The first-order valence-corrected chi connectivity index (χ1v) is 6.93. The lowest BCUT2D eigenvalue weighted by Crippen LogP contribution is -2.11. The molecule has 0 heteroatoms. The Morgan fingerprint density at radius 3 is 2.32 bits per heavy atom. The molecule has 0 bridgehead atoms. The van der Waals surface area contributed by atoms with Crippen molar-refractivity contribution in [3.05, 3.63) is 70.8 Å². The van der Waals surface area contributed by atoms with E-state index in [1.807, 2.05) is 0 Å². The number of benzene rings is 2. The Kier molecular flexibility index (Phi) is 2.82. The maximum Gasteiger partial charge on any atom is -0.00137 e. The van der Waals surface area contributed by atoms with E-state index < -0.39 is 0 Å². The molecule has 0 radical (unpaired) electrons. The van der Waals surface area contributed by atoms with Crippen LogP contribution >= 0.6 is 0 Å². The Bertz CT molecular complexity index is 625. The topological polar surface area (TPSA) is 0 Å². The molecule has 0 saturated carbocycles. The van der Waals surface area contributed by atoms with E-state index in [2.05, 4.69) is 75.4 Å². The summed E-state index contributed by atoms with van der Waals surface area (Å²) in [6, 6.07) is 17.6. The van der Waals surface area contributed by atoms with Gasteiger partial charge in [-0.15, -0.1) is 0 Å². The summed E-state index contributed by atoms with van der Waals surface area (Å²) in [6.45, 7) is 6.81. The first-order chi connectivity index (χ1) is 9.04. The fraction of sp³-hybridized carbons (Fsp3) is 0.263. The van der Waals surface area contributed by atoms with Crippen LogP contribution in [0.2, 0.25) is 0 Å². The molecule has 0 unspecified atom stereocenters. The van der Waals surface area contributed by atoms with Gasteiger partial charge in [0.25, 0.3) is 0 Å². The monoisotopic (exact) mass is 248 g/mol. The van der Waals surface area contributed by atoms with E-state index in [0.29, 0.717) is 0 Å². The van der Waals surface area contributed by atoms with Crippen molar-refractivity contribution in [1.82, 2.24) is 0 Å². The minimum atomic E-state index is 0.221. The van der Waals surface area contributed by atoms with E-state index in [4.69, 9.17) is 0 Å². The predicted molar refractivity (Wildman–Crippen MR) is 83.2 cm³/mol. The fourth-order valence-electron chi connectivity index (χ4n) is 2.64. The SMILES string of the molecule is CC(C)(C)c1ccc2c(c1)C=C(c1ccccc1)C2. The van der Waals surface area contributed by atoms with E-state index in [1.54, 1.807) is 0 Å². The summed E-state index contributed by atoms with van der Waals surface area (Å²) < 4.78 is 0. The Balaban J connectivity index is 1.99. The van der Waals surface area contributed by atoms with Crippen LogP contribution in [0.3, 0.4) is 0 Å². The van der Waals surface area contributed by atoms with Crippen LogP contribution in [-0.4, -0.2) is 0 Å². The Labute approximate surface area is 115 Å². The molecule has 0 saturated heterocycles. The second-order valence-corrected chi connectivity index (χ2v) is 6.38. The van der Waals surface area contributed by atoms with Crippen LogP contribution in [-0.2, 0) is 11.8 Å². The summed E-state index contributed by atoms with van der Waals surface area (Å²) >= 11 is 0. The minimum Gasteiger partial charge on any atom is -0.0622 e. The standard InChI is InChI=1S/C19H20/c1-19(2,3)18-10-9-15-11-16(12-17(15)13-18)14-7-5-4-6-8-14/h4-10,12-13H,11H2,1-3H3. The van der Waals surface area contributed by atoms with Gasteiger partial charge in [0.15, 0.2) is 0 Å². The van der Waals surface area contributed by atoms with Gasteiger partial charge in [0.05, 0.1) is 0 Å². The second kappa shape index (κ2) is 4.38. The van der Waals surface area contributed by atoms with Crippen LogP contribution in [0, 0.1) is 0 Å². The van der Waals surface area contributed by atoms with Crippen molar-refractivity contribution >= 4 is 11.6 Å². The lowest BCUT2D eigenvalue weighted by atomic mass is 9.85. The average molecular weight is 248 g/mol. The van der Waals surface area contributed by atoms with E-state index in [1.165, 1.54) is 27.8 Å². The lowest BCUT2D eigenvalue weighted by Gasteiger charge is -2.19. The maximum absolute atomic E-state index is 2.35. The van der Waals surface area contributed by atoms with E-state index in [0.717, 1.165) is 6.42 Å². The molecule has 2 aromatic rings. The smallest absolute Gasteiger partial charge is 0.00137 e. The number of hydrogen-bond acceptors (Lipinski definition) is 0. The molecule has 0 atom stereocenters. The highest BCUT2D eigenvalue weighted by atomic mass is 14.2. The molecule has 3 rings (SSSR count). The third-order valence-electron chi connectivity index (χ3n) is 3.87. The molecule has 2 aromatic carbocycles. The molecule has 0 nitrogen and oxygen atoms in total. The molecule has 1 aliphatic rings. The summed E-state index contributed by atoms with van der Waals surface area (Å²) in [5.74, 6) is 0. The van der Waals surface area contributed by atoms with E-state index in [9.17, 15) is 0 Å². The number of allylic oxidation sites excluding steroid dienone is 1. The van der Waals surface area contributed by atoms with Gasteiger partial charge in [-0.25, -0.2) is 0 Å². The highest BCUT2D eigenvalue weighted by Crippen LogP contribution is 2.34. The van der Waals surface area contributed by atoms with Gasteiger partial charge in [-0.3, -0.25) is 0 Å². The molecule has 0 N–H and O–H groups in total. The normalized spacial score (nSPS) is 14.2. The first-order valence-electron chi connectivity index (χ1n) is 6.93. The first kappa shape index (κ1) is 12.2. The Hall–Kier alpha value is -1.82.